The van der Waals surface area contributed by atoms with E-state index in [0.717, 1.165) is 0 Å². The van der Waals surface area contributed by atoms with Crippen molar-refractivity contribution in [2.45, 2.75) is 4.90 Å². The van der Waals surface area contributed by atoms with Gasteiger partial charge < -0.3 is 4.74 Å². The Labute approximate surface area is 188 Å². The molecule has 4 rings (SSSR count). The normalized spacial score (nSPS) is 11.2. The highest BCUT2D eigenvalue weighted by Gasteiger charge is 2.19. The van der Waals surface area contributed by atoms with Crippen LogP contribution in [0.2, 0.25) is 10.0 Å². The molecule has 0 atom stereocenters. The van der Waals surface area contributed by atoms with Crippen LogP contribution in [-0.2, 0) is 10.0 Å². The molecule has 0 unspecified atom stereocenters. The van der Waals surface area contributed by atoms with E-state index >= 15 is 0 Å². The van der Waals surface area contributed by atoms with Gasteiger partial charge in [0.25, 0.3) is 10.0 Å². The lowest BCUT2D eigenvalue weighted by molar-refractivity contribution is 0.465. The number of hydrogen-bond acceptors (Lipinski definition) is 6. The van der Waals surface area contributed by atoms with E-state index in [4.69, 9.17) is 27.9 Å². The van der Waals surface area contributed by atoms with E-state index in [-0.39, 0.29) is 14.9 Å². The molecule has 1 N–H and O–H groups in total. The summed E-state index contributed by atoms with van der Waals surface area (Å²) in [5.74, 6) is 0.831. The minimum atomic E-state index is -3.91. The maximum Gasteiger partial charge on any atom is 0.263 e. The quantitative estimate of drug-likeness (QED) is 0.401. The Morgan fingerprint density at radius 1 is 0.871 bits per heavy atom. The van der Waals surface area contributed by atoms with Crippen LogP contribution in [0, 0.1) is 0 Å². The standard InChI is InChI=1S/C21H14Cl2N4O3S/c22-17-4-1-5-19(20(17)23)31(28,29)27-14-6-8-15(9-7-14)30-21-16(3-2-11-25-21)18-10-12-24-13-26-18/h1-13,27H. The third-order valence-electron chi connectivity index (χ3n) is 4.16. The summed E-state index contributed by atoms with van der Waals surface area (Å²) in [4.78, 5) is 12.3. The Balaban J connectivity index is 1.54. The average molecular weight is 473 g/mol. The van der Waals surface area contributed by atoms with Gasteiger partial charge in [0.1, 0.15) is 17.0 Å². The molecule has 10 heteroatoms. The highest BCUT2D eigenvalue weighted by Crippen LogP contribution is 2.32. The monoisotopic (exact) mass is 472 g/mol. The van der Waals surface area contributed by atoms with Gasteiger partial charge in [0.15, 0.2) is 0 Å². The van der Waals surface area contributed by atoms with Gasteiger partial charge in [-0.05, 0) is 54.6 Å². The van der Waals surface area contributed by atoms with E-state index in [1.807, 2.05) is 6.07 Å². The fourth-order valence-electron chi connectivity index (χ4n) is 2.72. The molecule has 31 heavy (non-hydrogen) atoms. The summed E-state index contributed by atoms with van der Waals surface area (Å²) >= 11 is 12.0. The van der Waals surface area contributed by atoms with Crippen molar-refractivity contribution in [2.75, 3.05) is 4.72 Å². The molecular weight excluding hydrogens is 459 g/mol. The number of hydrogen-bond donors (Lipinski definition) is 1. The minimum Gasteiger partial charge on any atom is -0.438 e. The molecule has 0 saturated heterocycles. The number of nitrogens with zero attached hydrogens (tertiary/aromatic N) is 3. The first-order valence-electron chi connectivity index (χ1n) is 8.90. The van der Waals surface area contributed by atoms with Gasteiger partial charge in [0, 0.05) is 18.1 Å². The van der Waals surface area contributed by atoms with Crippen molar-refractivity contribution in [2.24, 2.45) is 0 Å². The Morgan fingerprint density at radius 2 is 1.68 bits per heavy atom. The molecule has 0 amide bonds. The fourth-order valence-corrected chi connectivity index (χ4v) is 4.54. The number of anilines is 1. The molecule has 0 spiro atoms. The van der Waals surface area contributed by atoms with Gasteiger partial charge in [0.05, 0.1) is 21.3 Å². The van der Waals surface area contributed by atoms with Crippen LogP contribution in [0.15, 0.2) is 84.3 Å². The van der Waals surface area contributed by atoms with E-state index in [9.17, 15) is 8.42 Å². The Bertz CT molecular complexity index is 1320. The molecule has 0 aliphatic carbocycles. The van der Waals surface area contributed by atoms with Gasteiger partial charge in [-0.15, -0.1) is 0 Å². The Morgan fingerprint density at radius 3 is 2.42 bits per heavy atom. The molecule has 0 bridgehead atoms. The van der Waals surface area contributed by atoms with Crippen LogP contribution < -0.4 is 9.46 Å². The molecule has 0 saturated carbocycles. The second kappa shape index (κ2) is 8.89. The fraction of sp³-hybridized carbons (Fsp3) is 0. The molecule has 0 aliphatic rings. The molecule has 156 valence electrons. The van der Waals surface area contributed by atoms with Gasteiger partial charge in [-0.3, -0.25) is 4.72 Å². The van der Waals surface area contributed by atoms with E-state index < -0.39 is 10.0 Å². The lowest BCUT2D eigenvalue weighted by atomic mass is 10.2. The molecule has 2 heterocycles. The molecule has 0 fully saturated rings. The largest absolute Gasteiger partial charge is 0.438 e. The second-order valence-corrected chi connectivity index (χ2v) is 8.67. The maximum absolute atomic E-state index is 12.6. The average Bonchev–Trinajstić information content (AvgIpc) is 2.78. The second-order valence-electron chi connectivity index (χ2n) is 6.23. The van der Waals surface area contributed by atoms with Crippen molar-refractivity contribution in [1.82, 2.24) is 15.0 Å². The number of nitrogens with one attached hydrogen (secondary N) is 1. The first kappa shape index (κ1) is 21.0. The van der Waals surface area contributed by atoms with Crippen LogP contribution in [0.4, 0.5) is 5.69 Å². The SMILES string of the molecule is O=S(=O)(Nc1ccc(Oc2ncccc2-c2ccncn2)cc1)c1cccc(Cl)c1Cl. The van der Waals surface area contributed by atoms with E-state index in [1.165, 1.54) is 24.5 Å². The summed E-state index contributed by atoms with van der Waals surface area (Å²) in [5.41, 5.74) is 1.70. The predicted octanol–water partition coefficient (Wildman–Crippen LogP) is 5.44. The van der Waals surface area contributed by atoms with Crippen molar-refractivity contribution in [3.8, 4) is 22.9 Å². The first-order valence-corrected chi connectivity index (χ1v) is 11.1. The van der Waals surface area contributed by atoms with Crippen LogP contribution in [0.3, 0.4) is 0 Å². The van der Waals surface area contributed by atoms with Gasteiger partial charge in [0.2, 0.25) is 5.88 Å². The molecule has 0 aliphatic heterocycles. The molecule has 2 aromatic heterocycles. The molecular formula is C21H14Cl2N4O3S. The van der Waals surface area contributed by atoms with Crippen LogP contribution >= 0.6 is 23.2 Å². The number of halogens is 2. The van der Waals surface area contributed by atoms with Gasteiger partial charge in [-0.25, -0.2) is 23.4 Å². The van der Waals surface area contributed by atoms with Crippen molar-refractivity contribution in [3.63, 3.8) is 0 Å². The molecule has 0 radical (unpaired) electrons. The molecule has 4 aromatic rings. The van der Waals surface area contributed by atoms with Crippen LogP contribution in [0.25, 0.3) is 11.3 Å². The van der Waals surface area contributed by atoms with Crippen molar-refractivity contribution in [1.29, 1.82) is 0 Å². The third kappa shape index (κ3) is 4.77. The molecule has 2 aromatic carbocycles. The summed E-state index contributed by atoms with van der Waals surface area (Å²) in [6.07, 6.45) is 4.68. The summed E-state index contributed by atoms with van der Waals surface area (Å²) < 4.78 is 33.6. The maximum atomic E-state index is 12.6. The van der Waals surface area contributed by atoms with E-state index in [1.54, 1.807) is 48.8 Å². The Hall–Kier alpha value is -3.20. The van der Waals surface area contributed by atoms with Crippen molar-refractivity contribution < 1.29 is 13.2 Å². The first-order chi connectivity index (χ1) is 14.9. The third-order valence-corrected chi connectivity index (χ3v) is 6.51. The zero-order valence-electron chi connectivity index (χ0n) is 15.7. The van der Waals surface area contributed by atoms with Crippen LogP contribution in [0.1, 0.15) is 0 Å². The zero-order chi connectivity index (χ0) is 21.8. The van der Waals surface area contributed by atoms with Gasteiger partial charge in [-0.2, -0.15) is 0 Å². The topological polar surface area (TPSA) is 94.1 Å². The highest BCUT2D eigenvalue weighted by molar-refractivity contribution is 7.92. The van der Waals surface area contributed by atoms with E-state index in [2.05, 4.69) is 19.7 Å². The summed E-state index contributed by atoms with van der Waals surface area (Å²) in [5, 5.41) is 0.118. The lowest BCUT2D eigenvalue weighted by Crippen LogP contribution is -2.13. The number of rotatable bonds is 6. The zero-order valence-corrected chi connectivity index (χ0v) is 18.1. The minimum absolute atomic E-state index is 0.0379. The summed E-state index contributed by atoms with van der Waals surface area (Å²) in [6, 6.07) is 16.2. The number of ether oxygens (including phenoxy) is 1. The highest BCUT2D eigenvalue weighted by atomic mass is 35.5. The number of benzene rings is 2. The Kier molecular flexibility index (Phi) is 6.03. The predicted molar refractivity (Wildman–Crippen MR) is 119 cm³/mol. The van der Waals surface area contributed by atoms with E-state index in [0.29, 0.717) is 28.6 Å². The number of sulfonamides is 1. The van der Waals surface area contributed by atoms with Gasteiger partial charge >= 0.3 is 0 Å². The van der Waals surface area contributed by atoms with Crippen LogP contribution in [-0.4, -0.2) is 23.4 Å². The number of aromatic nitrogens is 3. The number of pyridine rings is 1. The summed E-state index contributed by atoms with van der Waals surface area (Å²) in [7, 11) is -3.91. The van der Waals surface area contributed by atoms with Crippen LogP contribution in [0.5, 0.6) is 11.6 Å². The van der Waals surface area contributed by atoms with Crippen molar-refractivity contribution in [3.05, 3.63) is 89.4 Å². The smallest absolute Gasteiger partial charge is 0.263 e. The molecule has 7 nitrogen and oxygen atoms in total. The summed E-state index contributed by atoms with van der Waals surface area (Å²) in [6.45, 7) is 0. The van der Waals surface area contributed by atoms with Gasteiger partial charge in [-0.1, -0.05) is 29.3 Å². The lowest BCUT2D eigenvalue weighted by Gasteiger charge is -2.12. The van der Waals surface area contributed by atoms with Crippen molar-refractivity contribution >= 4 is 38.9 Å².